The van der Waals surface area contributed by atoms with Gasteiger partial charge in [0.05, 0.1) is 19.1 Å². The summed E-state index contributed by atoms with van der Waals surface area (Å²) in [7, 11) is 2.36. The summed E-state index contributed by atoms with van der Waals surface area (Å²) in [5.41, 5.74) is -0.745. The summed E-state index contributed by atoms with van der Waals surface area (Å²) in [4.78, 5) is 21.4. The van der Waals surface area contributed by atoms with Gasteiger partial charge in [-0.15, -0.1) is 0 Å². The molecule has 86 valence electrons. The Kier molecular flexibility index (Phi) is 3.24. The van der Waals surface area contributed by atoms with E-state index >= 15 is 0 Å². The molecule has 2 N–H and O–H groups in total. The quantitative estimate of drug-likeness (QED) is 0.243. The third-order valence-electron chi connectivity index (χ3n) is 1.84. The Morgan fingerprint density at radius 3 is 2.56 bits per heavy atom. The van der Waals surface area contributed by atoms with Crippen LogP contribution in [-0.2, 0) is 4.74 Å². The van der Waals surface area contributed by atoms with Gasteiger partial charge in [0, 0.05) is 0 Å². The summed E-state index contributed by atoms with van der Waals surface area (Å²) in [6, 6.07) is 0. The van der Waals surface area contributed by atoms with Gasteiger partial charge in [-0.05, 0) is 0 Å². The zero-order valence-electron chi connectivity index (χ0n) is 8.67. The number of nitro groups is 1. The molecule has 1 rings (SSSR count). The van der Waals surface area contributed by atoms with E-state index in [-0.39, 0.29) is 11.3 Å². The van der Waals surface area contributed by atoms with E-state index in [0.717, 1.165) is 18.0 Å². The van der Waals surface area contributed by atoms with E-state index in [9.17, 15) is 14.9 Å². The Hall–Kier alpha value is -2.38. The molecule has 1 heterocycles. The van der Waals surface area contributed by atoms with Crippen LogP contribution in [0.15, 0.2) is 12.4 Å². The van der Waals surface area contributed by atoms with E-state index in [1.54, 1.807) is 0 Å². The SMILES string of the molecule is COC(=O)c1c[n+](N)cc(OC)c1[N+](=O)[O-]. The van der Waals surface area contributed by atoms with Gasteiger partial charge in [-0.2, -0.15) is 0 Å². The Morgan fingerprint density at radius 2 is 2.12 bits per heavy atom. The molecule has 0 aliphatic rings. The molecule has 0 bridgehead atoms. The van der Waals surface area contributed by atoms with Crippen molar-refractivity contribution in [2.75, 3.05) is 20.1 Å². The van der Waals surface area contributed by atoms with Crippen molar-refractivity contribution >= 4 is 11.7 Å². The van der Waals surface area contributed by atoms with Crippen LogP contribution >= 0.6 is 0 Å². The molecule has 16 heavy (non-hydrogen) atoms. The molecule has 1 aromatic heterocycles. The van der Waals surface area contributed by atoms with Crippen molar-refractivity contribution in [2.45, 2.75) is 0 Å². The van der Waals surface area contributed by atoms with E-state index in [4.69, 9.17) is 10.6 Å². The lowest BCUT2D eigenvalue weighted by Gasteiger charge is -2.02. The molecule has 1 aromatic rings. The highest BCUT2D eigenvalue weighted by Gasteiger charge is 2.31. The molecular formula is C8H10N3O5+. The number of nitrogens with two attached hydrogens (primary N) is 1. The lowest BCUT2D eigenvalue weighted by molar-refractivity contribution is -0.640. The number of esters is 1. The number of hydrogen-bond acceptors (Lipinski definition) is 6. The predicted octanol–water partition coefficient (Wildman–Crippen LogP) is -0.609. The van der Waals surface area contributed by atoms with Crippen molar-refractivity contribution in [3.8, 4) is 5.75 Å². The minimum Gasteiger partial charge on any atom is -0.486 e. The van der Waals surface area contributed by atoms with Gasteiger partial charge in [-0.1, -0.05) is 4.68 Å². The number of nitrogen functional groups attached to an aromatic ring is 1. The Labute approximate surface area is 90.3 Å². The first-order valence-corrected chi connectivity index (χ1v) is 4.12. The molecule has 0 aromatic carbocycles. The second-order valence-electron chi connectivity index (χ2n) is 2.78. The highest BCUT2D eigenvalue weighted by atomic mass is 16.6. The smallest absolute Gasteiger partial charge is 0.351 e. The van der Waals surface area contributed by atoms with Gasteiger partial charge in [0.25, 0.3) is 5.75 Å². The molecule has 0 atom stereocenters. The van der Waals surface area contributed by atoms with Crippen LogP contribution in [0.3, 0.4) is 0 Å². The average molecular weight is 228 g/mol. The Morgan fingerprint density at radius 1 is 1.50 bits per heavy atom. The van der Waals surface area contributed by atoms with Crippen LogP contribution in [0.5, 0.6) is 5.75 Å². The third kappa shape index (κ3) is 2.00. The Bertz CT molecular complexity index is 446. The predicted molar refractivity (Wildman–Crippen MR) is 51.3 cm³/mol. The van der Waals surface area contributed by atoms with Crippen LogP contribution in [0, 0.1) is 10.1 Å². The highest BCUT2D eigenvalue weighted by molar-refractivity contribution is 5.94. The largest absolute Gasteiger partial charge is 0.486 e. The van der Waals surface area contributed by atoms with E-state index in [1.165, 1.54) is 13.3 Å². The van der Waals surface area contributed by atoms with E-state index in [0.29, 0.717) is 0 Å². The lowest BCUT2D eigenvalue weighted by atomic mass is 10.2. The molecular weight excluding hydrogens is 218 g/mol. The van der Waals surface area contributed by atoms with Crippen LogP contribution in [0.1, 0.15) is 10.4 Å². The summed E-state index contributed by atoms with van der Waals surface area (Å²) in [6.07, 6.45) is 2.27. The molecule has 0 saturated carbocycles. The number of carbonyl (C=O) groups excluding carboxylic acids is 1. The van der Waals surface area contributed by atoms with Gasteiger partial charge in [-0.3, -0.25) is 10.1 Å². The van der Waals surface area contributed by atoms with Gasteiger partial charge in [0.15, 0.2) is 0 Å². The van der Waals surface area contributed by atoms with Crippen molar-refractivity contribution in [1.29, 1.82) is 0 Å². The second-order valence-corrected chi connectivity index (χ2v) is 2.78. The first-order valence-electron chi connectivity index (χ1n) is 4.12. The van der Waals surface area contributed by atoms with Crippen LogP contribution < -0.4 is 15.3 Å². The number of ether oxygens (including phenoxy) is 2. The summed E-state index contributed by atoms with van der Waals surface area (Å²) in [5.74, 6) is 4.43. The van der Waals surface area contributed by atoms with Gasteiger partial charge in [-0.25, -0.2) is 10.6 Å². The van der Waals surface area contributed by atoms with E-state index < -0.39 is 16.6 Å². The van der Waals surface area contributed by atoms with Crippen molar-refractivity contribution in [3.63, 3.8) is 0 Å². The van der Waals surface area contributed by atoms with E-state index in [1.807, 2.05) is 0 Å². The molecule has 8 nitrogen and oxygen atoms in total. The van der Waals surface area contributed by atoms with Crippen molar-refractivity contribution in [1.82, 2.24) is 0 Å². The zero-order chi connectivity index (χ0) is 12.3. The standard InChI is InChI=1S/C8H10N3O5/c1-15-6-4-10(9)3-5(8(12)16-2)7(6)11(13)14/h3-4H,9H2,1-2H3/q+1. The highest BCUT2D eigenvalue weighted by Crippen LogP contribution is 2.28. The first-order chi connectivity index (χ1) is 7.51. The van der Waals surface area contributed by atoms with Gasteiger partial charge in [0.2, 0.25) is 18.0 Å². The van der Waals surface area contributed by atoms with Gasteiger partial charge < -0.3 is 9.47 Å². The Balaban J connectivity index is 3.50. The monoisotopic (exact) mass is 228 g/mol. The minimum absolute atomic E-state index is 0.115. The molecule has 0 spiro atoms. The fraction of sp³-hybridized carbons (Fsp3) is 0.250. The molecule has 0 radical (unpaired) electrons. The van der Waals surface area contributed by atoms with Crippen LogP contribution in [0.4, 0.5) is 5.69 Å². The zero-order valence-corrected chi connectivity index (χ0v) is 8.67. The number of nitrogens with zero attached hydrogens (tertiary/aromatic N) is 2. The topological polar surface area (TPSA) is 109 Å². The van der Waals surface area contributed by atoms with E-state index in [2.05, 4.69) is 4.74 Å². The number of carbonyl (C=O) groups is 1. The minimum atomic E-state index is -0.857. The maximum atomic E-state index is 11.3. The third-order valence-corrected chi connectivity index (χ3v) is 1.84. The average Bonchev–Trinajstić information content (AvgIpc) is 2.26. The summed E-state index contributed by atoms with van der Waals surface area (Å²) < 4.78 is 10.2. The van der Waals surface area contributed by atoms with Crippen LogP contribution in [-0.4, -0.2) is 25.1 Å². The van der Waals surface area contributed by atoms with Crippen molar-refractivity contribution < 1.29 is 23.9 Å². The maximum Gasteiger partial charge on any atom is 0.351 e. The molecule has 0 amide bonds. The summed E-state index contributed by atoms with van der Waals surface area (Å²) in [5, 5.41) is 10.8. The summed E-state index contributed by atoms with van der Waals surface area (Å²) >= 11 is 0. The maximum absolute atomic E-state index is 11.3. The fourth-order valence-corrected chi connectivity index (χ4v) is 1.17. The molecule has 0 unspecified atom stereocenters. The first kappa shape index (κ1) is 11.7. The van der Waals surface area contributed by atoms with Crippen LogP contribution in [0.25, 0.3) is 0 Å². The molecule has 0 aliphatic carbocycles. The number of methoxy groups -OCH3 is 2. The van der Waals surface area contributed by atoms with Gasteiger partial charge in [0.1, 0.15) is 0 Å². The number of aromatic nitrogens is 1. The fourth-order valence-electron chi connectivity index (χ4n) is 1.17. The second kappa shape index (κ2) is 4.43. The molecule has 0 aliphatic heterocycles. The lowest BCUT2D eigenvalue weighted by Crippen LogP contribution is -2.44. The molecule has 0 fully saturated rings. The number of pyridine rings is 1. The van der Waals surface area contributed by atoms with Crippen LogP contribution in [0.2, 0.25) is 0 Å². The summed E-state index contributed by atoms with van der Waals surface area (Å²) in [6.45, 7) is 0. The van der Waals surface area contributed by atoms with Crippen molar-refractivity contribution in [2.24, 2.45) is 0 Å². The molecule has 8 heteroatoms. The molecule has 0 saturated heterocycles. The normalized spacial score (nSPS) is 9.62. The number of rotatable bonds is 3. The van der Waals surface area contributed by atoms with Crippen molar-refractivity contribution in [3.05, 3.63) is 28.1 Å². The van der Waals surface area contributed by atoms with Gasteiger partial charge >= 0.3 is 11.7 Å². The number of hydrogen-bond donors (Lipinski definition) is 1.